The largest absolute Gasteiger partial charge is 0.326 e. The zero-order valence-electron chi connectivity index (χ0n) is 15.3. The SMILES string of the molecule is O=C(CN1CCC2(CC1)N=C(c1ccc(Cl)cc1)C(=O)N2)Nc1ccccc1. The molecular formula is C21H21ClN4O2. The van der Waals surface area contributed by atoms with E-state index in [9.17, 15) is 9.59 Å². The highest BCUT2D eigenvalue weighted by molar-refractivity contribution is 6.47. The highest BCUT2D eigenvalue weighted by Gasteiger charge is 2.42. The number of hydrogen-bond donors (Lipinski definition) is 2. The van der Waals surface area contributed by atoms with Crippen molar-refractivity contribution < 1.29 is 9.59 Å². The number of benzene rings is 2. The Kier molecular flexibility index (Phi) is 5.15. The fraction of sp³-hybridized carbons (Fsp3) is 0.286. The summed E-state index contributed by atoms with van der Waals surface area (Å²) in [6, 6.07) is 16.5. The molecule has 0 aliphatic carbocycles. The number of anilines is 1. The normalized spacial score (nSPS) is 18.6. The number of piperidine rings is 1. The minimum Gasteiger partial charge on any atom is -0.326 e. The Morgan fingerprint density at radius 2 is 1.79 bits per heavy atom. The summed E-state index contributed by atoms with van der Waals surface area (Å²) in [5, 5.41) is 6.57. The molecule has 2 amide bonds. The number of nitrogens with zero attached hydrogens (tertiary/aromatic N) is 2. The van der Waals surface area contributed by atoms with Crippen molar-refractivity contribution >= 4 is 34.8 Å². The van der Waals surface area contributed by atoms with Crippen LogP contribution in [0.1, 0.15) is 18.4 Å². The molecule has 0 saturated carbocycles. The van der Waals surface area contributed by atoms with Gasteiger partial charge >= 0.3 is 0 Å². The molecule has 2 aliphatic heterocycles. The number of hydrogen-bond acceptors (Lipinski definition) is 4. The molecule has 1 fully saturated rings. The van der Waals surface area contributed by atoms with Gasteiger partial charge in [0, 0.05) is 42.2 Å². The standard InChI is InChI=1S/C21H21ClN4O2/c22-16-8-6-15(7-9-16)19-20(28)25-21(24-19)10-12-26(13-11-21)14-18(27)23-17-4-2-1-3-5-17/h1-9H,10-14H2,(H,23,27)(H,25,28). The van der Waals surface area contributed by atoms with Gasteiger partial charge in [-0.2, -0.15) is 0 Å². The smallest absolute Gasteiger partial charge is 0.272 e. The van der Waals surface area contributed by atoms with Crippen LogP contribution in [0.5, 0.6) is 0 Å². The van der Waals surface area contributed by atoms with Gasteiger partial charge in [-0.25, -0.2) is 0 Å². The summed E-state index contributed by atoms with van der Waals surface area (Å²) in [6.45, 7) is 1.71. The van der Waals surface area contributed by atoms with Gasteiger partial charge in [0.15, 0.2) is 0 Å². The first-order valence-electron chi connectivity index (χ1n) is 9.29. The van der Waals surface area contributed by atoms with Gasteiger partial charge in [-0.05, 0) is 24.3 Å². The van der Waals surface area contributed by atoms with Crippen molar-refractivity contribution in [2.24, 2.45) is 4.99 Å². The minimum atomic E-state index is -0.571. The number of amides is 2. The molecule has 7 heteroatoms. The van der Waals surface area contributed by atoms with Crippen LogP contribution in [0.3, 0.4) is 0 Å². The third kappa shape index (κ3) is 4.08. The average Bonchev–Trinajstić information content (AvgIpc) is 3.01. The fourth-order valence-electron chi connectivity index (χ4n) is 3.61. The summed E-state index contributed by atoms with van der Waals surface area (Å²) in [6.07, 6.45) is 1.35. The molecular weight excluding hydrogens is 376 g/mol. The highest BCUT2D eigenvalue weighted by Crippen LogP contribution is 2.29. The molecule has 0 radical (unpaired) electrons. The minimum absolute atomic E-state index is 0.0389. The van der Waals surface area contributed by atoms with E-state index in [0.717, 1.165) is 11.3 Å². The van der Waals surface area contributed by atoms with Crippen molar-refractivity contribution in [2.75, 3.05) is 25.0 Å². The molecule has 0 bridgehead atoms. The van der Waals surface area contributed by atoms with Gasteiger partial charge in [0.05, 0.1) is 6.54 Å². The number of nitrogens with one attached hydrogen (secondary N) is 2. The predicted molar refractivity (Wildman–Crippen MR) is 110 cm³/mol. The van der Waals surface area contributed by atoms with Crippen LogP contribution in [0.25, 0.3) is 0 Å². The van der Waals surface area contributed by atoms with Crippen LogP contribution < -0.4 is 10.6 Å². The summed E-state index contributed by atoms with van der Waals surface area (Å²) in [5.74, 6) is -0.194. The first-order chi connectivity index (χ1) is 13.5. The van der Waals surface area contributed by atoms with Crippen molar-refractivity contribution in [1.82, 2.24) is 10.2 Å². The van der Waals surface area contributed by atoms with Crippen molar-refractivity contribution in [2.45, 2.75) is 18.5 Å². The van der Waals surface area contributed by atoms with Crippen LogP contribution in [-0.4, -0.2) is 47.7 Å². The zero-order chi connectivity index (χ0) is 19.6. The predicted octanol–water partition coefficient (Wildman–Crippen LogP) is 2.69. The molecule has 0 atom stereocenters. The van der Waals surface area contributed by atoms with Gasteiger partial charge in [0.1, 0.15) is 11.4 Å². The number of rotatable bonds is 4. The second-order valence-electron chi connectivity index (χ2n) is 7.14. The van der Waals surface area contributed by atoms with Crippen molar-refractivity contribution in [1.29, 1.82) is 0 Å². The van der Waals surface area contributed by atoms with Gasteiger partial charge in [-0.1, -0.05) is 41.9 Å². The van der Waals surface area contributed by atoms with E-state index in [1.165, 1.54) is 0 Å². The summed E-state index contributed by atoms with van der Waals surface area (Å²) >= 11 is 5.93. The van der Waals surface area contributed by atoms with Crippen LogP contribution >= 0.6 is 11.6 Å². The van der Waals surface area contributed by atoms with E-state index in [4.69, 9.17) is 16.6 Å². The first kappa shape index (κ1) is 18.7. The second kappa shape index (κ2) is 7.73. The first-order valence-corrected chi connectivity index (χ1v) is 9.66. The second-order valence-corrected chi connectivity index (χ2v) is 7.58. The monoisotopic (exact) mass is 396 g/mol. The zero-order valence-corrected chi connectivity index (χ0v) is 16.1. The Morgan fingerprint density at radius 3 is 2.46 bits per heavy atom. The quantitative estimate of drug-likeness (QED) is 0.834. The molecule has 2 aliphatic rings. The molecule has 4 rings (SSSR count). The number of aliphatic imine (C=N–C) groups is 1. The van der Waals surface area contributed by atoms with Gasteiger partial charge in [0.25, 0.3) is 5.91 Å². The van der Waals surface area contributed by atoms with Crippen molar-refractivity contribution in [3.63, 3.8) is 0 Å². The Morgan fingerprint density at radius 1 is 1.11 bits per heavy atom. The molecule has 1 spiro atoms. The van der Waals surface area contributed by atoms with Crippen molar-refractivity contribution in [3.05, 3.63) is 65.2 Å². The summed E-state index contributed by atoms with van der Waals surface area (Å²) < 4.78 is 0. The molecule has 2 aromatic rings. The van der Waals surface area contributed by atoms with E-state index < -0.39 is 5.66 Å². The maximum atomic E-state index is 12.4. The lowest BCUT2D eigenvalue weighted by Crippen LogP contribution is -2.52. The molecule has 144 valence electrons. The summed E-state index contributed by atoms with van der Waals surface area (Å²) in [5.41, 5.74) is 1.44. The van der Waals surface area contributed by atoms with Crippen molar-refractivity contribution in [3.8, 4) is 0 Å². The fourth-order valence-corrected chi connectivity index (χ4v) is 3.74. The third-order valence-electron chi connectivity index (χ3n) is 5.11. The molecule has 0 unspecified atom stereocenters. The maximum absolute atomic E-state index is 12.4. The van der Waals surface area contributed by atoms with Gasteiger partial charge in [0.2, 0.25) is 5.91 Å². The van der Waals surface area contributed by atoms with Crippen LogP contribution in [0.4, 0.5) is 5.69 Å². The average molecular weight is 397 g/mol. The lowest BCUT2D eigenvalue weighted by atomic mass is 9.98. The van der Waals surface area contributed by atoms with Crippen LogP contribution in [0.15, 0.2) is 59.6 Å². The molecule has 28 heavy (non-hydrogen) atoms. The molecule has 0 aromatic heterocycles. The number of para-hydroxylation sites is 1. The van der Waals surface area contributed by atoms with Crippen LogP contribution in [0.2, 0.25) is 5.02 Å². The molecule has 2 N–H and O–H groups in total. The number of carbonyl (C=O) groups excluding carboxylic acids is 2. The molecule has 2 heterocycles. The van der Waals surface area contributed by atoms with E-state index in [1.807, 2.05) is 42.5 Å². The van der Waals surface area contributed by atoms with E-state index in [1.54, 1.807) is 12.1 Å². The third-order valence-corrected chi connectivity index (χ3v) is 5.36. The number of halogens is 1. The maximum Gasteiger partial charge on any atom is 0.272 e. The number of likely N-dealkylation sites (tertiary alicyclic amines) is 1. The molecule has 2 aromatic carbocycles. The Bertz CT molecular complexity index is 904. The van der Waals surface area contributed by atoms with Crippen LogP contribution in [-0.2, 0) is 9.59 Å². The summed E-state index contributed by atoms with van der Waals surface area (Å²) in [4.78, 5) is 31.5. The Hall–Kier alpha value is -2.70. The van der Waals surface area contributed by atoms with E-state index in [2.05, 4.69) is 15.5 Å². The summed E-state index contributed by atoms with van der Waals surface area (Å²) in [7, 11) is 0. The molecule has 1 saturated heterocycles. The van der Waals surface area contributed by atoms with E-state index >= 15 is 0 Å². The van der Waals surface area contributed by atoms with Gasteiger partial charge in [-0.15, -0.1) is 0 Å². The van der Waals surface area contributed by atoms with Crippen LogP contribution in [0, 0.1) is 0 Å². The van der Waals surface area contributed by atoms with Gasteiger partial charge < -0.3 is 10.6 Å². The Balaban J connectivity index is 1.36. The highest BCUT2D eigenvalue weighted by atomic mass is 35.5. The molecule has 6 nitrogen and oxygen atoms in total. The lowest BCUT2D eigenvalue weighted by molar-refractivity contribution is -0.119. The van der Waals surface area contributed by atoms with E-state index in [-0.39, 0.29) is 11.8 Å². The number of carbonyl (C=O) groups is 2. The van der Waals surface area contributed by atoms with Gasteiger partial charge in [-0.3, -0.25) is 19.5 Å². The Labute approximate surface area is 168 Å². The topological polar surface area (TPSA) is 73.8 Å². The lowest BCUT2D eigenvalue weighted by Gasteiger charge is -2.36. The van der Waals surface area contributed by atoms with E-state index in [0.29, 0.717) is 43.2 Å².